The Bertz CT molecular complexity index is 823. The molecule has 0 bridgehead atoms. The van der Waals surface area contributed by atoms with Crippen LogP contribution in [0.5, 0.6) is 0 Å². The summed E-state index contributed by atoms with van der Waals surface area (Å²) in [4.78, 5) is 22.0. The number of thiophene rings is 1. The minimum Gasteiger partial charge on any atom is -0.472 e. The topological polar surface area (TPSA) is 61.6 Å². The molecule has 7 heteroatoms. The fourth-order valence-corrected chi connectivity index (χ4v) is 3.64. The fourth-order valence-electron chi connectivity index (χ4n) is 3.02. The molecule has 0 spiro atoms. The van der Waals surface area contributed by atoms with Crippen molar-refractivity contribution in [2.24, 2.45) is 0 Å². The molecule has 1 N–H and O–H groups in total. The summed E-state index contributed by atoms with van der Waals surface area (Å²) in [5.41, 5.74) is 1.92. The second-order valence-corrected chi connectivity index (χ2v) is 7.18. The molecule has 4 heterocycles. The summed E-state index contributed by atoms with van der Waals surface area (Å²) >= 11 is 1.43. The van der Waals surface area contributed by atoms with Gasteiger partial charge in [0.1, 0.15) is 5.82 Å². The van der Waals surface area contributed by atoms with Crippen LogP contribution in [0.15, 0.2) is 58.9 Å². The lowest BCUT2D eigenvalue weighted by Crippen LogP contribution is -2.46. The van der Waals surface area contributed by atoms with Crippen LogP contribution >= 0.6 is 11.3 Å². The number of nitrogens with zero attached hydrogens (tertiary/aromatic N) is 3. The van der Waals surface area contributed by atoms with Gasteiger partial charge < -0.3 is 14.6 Å². The Morgan fingerprint density at radius 2 is 2.08 bits per heavy atom. The van der Waals surface area contributed by atoms with Crippen LogP contribution in [0.3, 0.4) is 0 Å². The standard InChI is InChI=1S/C19H20N4O2S/c24-19(17-2-1-11-26-17)21-16-3-4-18(20-12-16)23-8-6-22(7-9-23)13-15-5-10-25-14-15/h1-5,10-12,14H,6-9,13H2,(H,21,24). The molecule has 1 amide bonds. The Morgan fingerprint density at radius 3 is 2.73 bits per heavy atom. The number of rotatable bonds is 5. The van der Waals surface area contributed by atoms with Crippen molar-refractivity contribution in [1.82, 2.24) is 9.88 Å². The fraction of sp³-hybridized carbons (Fsp3) is 0.263. The maximum atomic E-state index is 12.1. The summed E-state index contributed by atoms with van der Waals surface area (Å²) in [7, 11) is 0. The first-order chi connectivity index (χ1) is 12.8. The molecule has 0 unspecified atom stereocenters. The monoisotopic (exact) mass is 368 g/mol. The molecular weight excluding hydrogens is 348 g/mol. The number of aromatic nitrogens is 1. The summed E-state index contributed by atoms with van der Waals surface area (Å²) in [6, 6.07) is 9.57. The van der Waals surface area contributed by atoms with E-state index < -0.39 is 0 Å². The highest BCUT2D eigenvalue weighted by Gasteiger charge is 2.18. The van der Waals surface area contributed by atoms with Crippen molar-refractivity contribution in [3.05, 3.63) is 64.9 Å². The van der Waals surface area contributed by atoms with Crippen LogP contribution in [-0.4, -0.2) is 42.0 Å². The normalized spacial score (nSPS) is 15.2. The molecular formula is C19H20N4O2S. The lowest BCUT2D eigenvalue weighted by atomic mass is 10.2. The Balaban J connectivity index is 1.31. The summed E-state index contributed by atoms with van der Waals surface area (Å²) in [5.74, 6) is 0.851. The van der Waals surface area contributed by atoms with E-state index in [0.29, 0.717) is 10.6 Å². The van der Waals surface area contributed by atoms with Gasteiger partial charge in [-0.15, -0.1) is 11.3 Å². The van der Waals surface area contributed by atoms with Gasteiger partial charge >= 0.3 is 0 Å². The van der Waals surface area contributed by atoms with Crippen molar-refractivity contribution in [1.29, 1.82) is 0 Å². The Labute approximate surface area is 156 Å². The molecule has 0 aliphatic carbocycles. The molecule has 1 aliphatic heterocycles. The molecule has 0 radical (unpaired) electrons. The molecule has 26 heavy (non-hydrogen) atoms. The summed E-state index contributed by atoms with van der Waals surface area (Å²) < 4.78 is 5.13. The molecule has 4 rings (SSSR count). The first-order valence-electron chi connectivity index (χ1n) is 8.57. The molecule has 0 atom stereocenters. The number of carbonyl (C=O) groups excluding carboxylic acids is 1. The van der Waals surface area contributed by atoms with Crippen LogP contribution in [0.25, 0.3) is 0 Å². The summed E-state index contributed by atoms with van der Waals surface area (Å²) in [6.07, 6.45) is 5.24. The van der Waals surface area contributed by atoms with Crippen LogP contribution in [0, 0.1) is 0 Å². The number of piperazine rings is 1. The van der Waals surface area contributed by atoms with E-state index in [1.54, 1.807) is 18.7 Å². The Hall–Kier alpha value is -2.64. The Morgan fingerprint density at radius 1 is 1.19 bits per heavy atom. The van der Waals surface area contributed by atoms with Crippen molar-refractivity contribution in [2.45, 2.75) is 6.54 Å². The number of amides is 1. The van der Waals surface area contributed by atoms with E-state index in [1.165, 1.54) is 16.9 Å². The van der Waals surface area contributed by atoms with Crippen LogP contribution in [0.4, 0.5) is 11.5 Å². The first kappa shape index (κ1) is 16.8. The highest BCUT2D eigenvalue weighted by molar-refractivity contribution is 7.12. The van der Waals surface area contributed by atoms with Crippen molar-refractivity contribution >= 4 is 28.7 Å². The van der Waals surface area contributed by atoms with Crippen LogP contribution in [0.1, 0.15) is 15.2 Å². The molecule has 6 nitrogen and oxygen atoms in total. The number of pyridine rings is 1. The van der Waals surface area contributed by atoms with Crippen LogP contribution in [-0.2, 0) is 6.54 Å². The average molecular weight is 368 g/mol. The van der Waals surface area contributed by atoms with Gasteiger partial charge in [0, 0.05) is 38.3 Å². The van der Waals surface area contributed by atoms with Crippen molar-refractivity contribution in [2.75, 3.05) is 36.4 Å². The van der Waals surface area contributed by atoms with Gasteiger partial charge in [0.2, 0.25) is 0 Å². The summed E-state index contributed by atoms with van der Waals surface area (Å²) in [6.45, 7) is 4.77. The molecule has 134 valence electrons. The van der Waals surface area contributed by atoms with Crippen molar-refractivity contribution in [3.63, 3.8) is 0 Å². The minimum atomic E-state index is -0.0950. The third kappa shape index (κ3) is 3.95. The average Bonchev–Trinajstić information content (AvgIpc) is 3.37. The van der Waals surface area contributed by atoms with Gasteiger partial charge in [-0.2, -0.15) is 0 Å². The van der Waals surface area contributed by atoms with Gasteiger partial charge in [0.25, 0.3) is 5.91 Å². The van der Waals surface area contributed by atoms with Crippen molar-refractivity contribution in [3.8, 4) is 0 Å². The van der Waals surface area contributed by atoms with Gasteiger partial charge in [0.05, 0.1) is 29.3 Å². The third-order valence-electron chi connectivity index (χ3n) is 4.43. The molecule has 3 aromatic heterocycles. The number of hydrogen-bond acceptors (Lipinski definition) is 6. The van der Waals surface area contributed by atoms with E-state index in [-0.39, 0.29) is 5.91 Å². The molecule has 1 aliphatic rings. The van der Waals surface area contributed by atoms with E-state index in [1.807, 2.05) is 35.7 Å². The second-order valence-electron chi connectivity index (χ2n) is 6.23. The van der Waals surface area contributed by atoms with E-state index in [9.17, 15) is 4.79 Å². The zero-order valence-electron chi connectivity index (χ0n) is 14.3. The van der Waals surface area contributed by atoms with E-state index in [2.05, 4.69) is 20.1 Å². The minimum absolute atomic E-state index is 0.0950. The highest BCUT2D eigenvalue weighted by Crippen LogP contribution is 2.18. The number of furan rings is 1. The van der Waals surface area contributed by atoms with E-state index in [0.717, 1.165) is 38.5 Å². The molecule has 0 aromatic carbocycles. The molecule has 1 fully saturated rings. The van der Waals surface area contributed by atoms with Gasteiger partial charge in [-0.05, 0) is 29.6 Å². The maximum Gasteiger partial charge on any atom is 0.265 e. The van der Waals surface area contributed by atoms with Gasteiger partial charge in [-0.25, -0.2) is 4.98 Å². The van der Waals surface area contributed by atoms with E-state index in [4.69, 9.17) is 4.42 Å². The number of hydrogen-bond donors (Lipinski definition) is 1. The van der Waals surface area contributed by atoms with Crippen molar-refractivity contribution < 1.29 is 9.21 Å². The predicted octanol–water partition coefficient (Wildman–Crippen LogP) is 3.31. The largest absolute Gasteiger partial charge is 0.472 e. The van der Waals surface area contributed by atoms with E-state index >= 15 is 0 Å². The number of nitrogens with one attached hydrogen (secondary N) is 1. The van der Waals surface area contributed by atoms with Gasteiger partial charge in [-0.3, -0.25) is 9.69 Å². The molecule has 1 saturated heterocycles. The number of anilines is 2. The first-order valence-corrected chi connectivity index (χ1v) is 9.45. The zero-order valence-corrected chi connectivity index (χ0v) is 15.1. The SMILES string of the molecule is O=C(Nc1ccc(N2CCN(Cc3ccoc3)CC2)nc1)c1cccs1. The zero-order chi connectivity index (χ0) is 17.8. The lowest BCUT2D eigenvalue weighted by molar-refractivity contribution is 0.103. The molecule has 3 aromatic rings. The Kier molecular flexibility index (Phi) is 4.99. The van der Waals surface area contributed by atoms with Crippen LogP contribution < -0.4 is 10.2 Å². The number of carbonyl (C=O) groups is 1. The summed E-state index contributed by atoms with van der Waals surface area (Å²) in [5, 5.41) is 4.77. The maximum absolute atomic E-state index is 12.1. The molecule has 0 saturated carbocycles. The second kappa shape index (κ2) is 7.72. The lowest BCUT2D eigenvalue weighted by Gasteiger charge is -2.35. The van der Waals surface area contributed by atoms with Crippen LogP contribution in [0.2, 0.25) is 0 Å². The smallest absolute Gasteiger partial charge is 0.265 e. The quantitative estimate of drug-likeness (QED) is 0.749. The van der Waals surface area contributed by atoms with Gasteiger partial charge in [0.15, 0.2) is 0 Å². The third-order valence-corrected chi connectivity index (χ3v) is 5.30. The predicted molar refractivity (Wildman–Crippen MR) is 103 cm³/mol. The van der Waals surface area contributed by atoms with Gasteiger partial charge in [-0.1, -0.05) is 6.07 Å². The highest BCUT2D eigenvalue weighted by atomic mass is 32.1.